The van der Waals surface area contributed by atoms with Gasteiger partial charge in [0, 0.05) is 34.1 Å². The molecule has 0 saturated carbocycles. The van der Waals surface area contributed by atoms with E-state index in [-0.39, 0.29) is 11.5 Å². The van der Waals surface area contributed by atoms with E-state index in [9.17, 15) is 4.79 Å². The average molecular weight is 463 g/mol. The summed E-state index contributed by atoms with van der Waals surface area (Å²) in [5.74, 6) is 1.46. The fourth-order valence-corrected chi connectivity index (χ4v) is 5.98. The summed E-state index contributed by atoms with van der Waals surface area (Å²) < 4.78 is 7.84. The van der Waals surface area contributed by atoms with E-state index in [1.54, 1.807) is 11.3 Å². The van der Waals surface area contributed by atoms with Gasteiger partial charge in [-0.2, -0.15) is 5.26 Å². The lowest BCUT2D eigenvalue weighted by Crippen LogP contribution is -2.07. The second kappa shape index (κ2) is 8.93. The number of thioether (sulfide) groups is 1. The van der Waals surface area contributed by atoms with Crippen LogP contribution in [0.5, 0.6) is 0 Å². The maximum Gasteiger partial charge on any atom is 0.277 e. The molecule has 0 spiro atoms. The summed E-state index contributed by atoms with van der Waals surface area (Å²) in [6.07, 6.45) is 5.70. The summed E-state index contributed by atoms with van der Waals surface area (Å²) in [4.78, 5) is 15.4. The van der Waals surface area contributed by atoms with Crippen molar-refractivity contribution in [2.45, 2.75) is 44.4 Å². The van der Waals surface area contributed by atoms with E-state index < -0.39 is 0 Å². The number of carbonyl (C=O) groups excluding carboxylic acids is 1. The van der Waals surface area contributed by atoms with Crippen LogP contribution in [0.25, 0.3) is 21.7 Å². The summed E-state index contributed by atoms with van der Waals surface area (Å²) in [6, 6.07) is 12.1. The summed E-state index contributed by atoms with van der Waals surface area (Å²) in [5, 5.41) is 18.6. The van der Waals surface area contributed by atoms with Crippen LogP contribution in [0.4, 0.5) is 0 Å². The molecule has 32 heavy (non-hydrogen) atoms. The molecule has 1 aliphatic rings. The molecular weight excluding hydrogens is 440 g/mol. The number of Topliss-reactive ketones (excluding diaryl/α,β-unsaturated/α-hetero) is 1. The number of nitrogens with zero attached hydrogens (tertiary/aromatic N) is 4. The highest BCUT2D eigenvalue weighted by Crippen LogP contribution is 2.37. The van der Waals surface area contributed by atoms with Crippen molar-refractivity contribution in [3.05, 3.63) is 52.5 Å². The van der Waals surface area contributed by atoms with Crippen molar-refractivity contribution in [3.63, 3.8) is 0 Å². The van der Waals surface area contributed by atoms with Gasteiger partial charge in [0.1, 0.15) is 0 Å². The first-order valence-corrected chi connectivity index (χ1v) is 12.5. The lowest BCUT2D eigenvalue weighted by molar-refractivity contribution is 0.102. The third kappa shape index (κ3) is 4.10. The SMILES string of the molecule is C[C@H]1CCc2sc(-c3nnc(SCC(=O)c4cn(CCC#N)c5ccccc45)o3)cc2C1. The van der Waals surface area contributed by atoms with Gasteiger partial charge in [0.05, 0.1) is 23.1 Å². The minimum absolute atomic E-state index is 0.00207. The number of nitriles is 1. The van der Waals surface area contributed by atoms with Gasteiger partial charge in [-0.15, -0.1) is 21.5 Å². The lowest BCUT2D eigenvalue weighted by Gasteiger charge is -2.16. The largest absolute Gasteiger partial charge is 0.410 e. The smallest absolute Gasteiger partial charge is 0.277 e. The van der Waals surface area contributed by atoms with E-state index in [0.29, 0.717) is 29.6 Å². The zero-order valence-electron chi connectivity index (χ0n) is 17.7. The Morgan fingerprint density at radius 1 is 1.38 bits per heavy atom. The quantitative estimate of drug-likeness (QED) is 0.256. The van der Waals surface area contributed by atoms with Crippen molar-refractivity contribution in [1.82, 2.24) is 14.8 Å². The summed E-state index contributed by atoms with van der Waals surface area (Å²) in [5.41, 5.74) is 3.03. The van der Waals surface area contributed by atoms with Gasteiger partial charge in [0.25, 0.3) is 11.1 Å². The lowest BCUT2D eigenvalue weighted by atomic mass is 9.90. The monoisotopic (exact) mass is 462 g/mol. The molecule has 0 unspecified atom stereocenters. The van der Waals surface area contributed by atoms with Crippen molar-refractivity contribution in [3.8, 4) is 16.8 Å². The van der Waals surface area contributed by atoms with Crippen LogP contribution in [0.15, 0.2) is 46.2 Å². The molecule has 162 valence electrons. The van der Waals surface area contributed by atoms with Gasteiger partial charge < -0.3 is 8.98 Å². The molecule has 1 aromatic carbocycles. The predicted octanol–water partition coefficient (Wildman–Crippen LogP) is 5.77. The molecule has 6 nitrogen and oxygen atoms in total. The van der Waals surface area contributed by atoms with Crippen LogP contribution in [0.2, 0.25) is 0 Å². The first-order chi connectivity index (χ1) is 15.6. The molecule has 0 N–H and O–H groups in total. The Hall–Kier alpha value is -2.89. The standard InChI is InChI=1S/C24H22N4O2S2/c1-15-7-8-21-16(11-15)12-22(32-21)23-26-27-24(30-23)31-14-20(29)18-13-28(10-4-9-25)19-6-3-2-5-17(18)19/h2-3,5-6,12-13,15H,4,7-8,10-11,14H2,1H3/t15-/m0/s1. The number of carbonyl (C=O) groups is 1. The van der Waals surface area contributed by atoms with Gasteiger partial charge in [-0.25, -0.2) is 0 Å². The molecule has 5 rings (SSSR count). The highest BCUT2D eigenvalue weighted by molar-refractivity contribution is 7.99. The first-order valence-electron chi connectivity index (χ1n) is 10.7. The van der Waals surface area contributed by atoms with E-state index in [2.05, 4.69) is 29.3 Å². The topological polar surface area (TPSA) is 84.7 Å². The van der Waals surface area contributed by atoms with Crippen LogP contribution in [0, 0.1) is 17.2 Å². The highest BCUT2D eigenvalue weighted by atomic mass is 32.2. The van der Waals surface area contributed by atoms with E-state index >= 15 is 0 Å². The molecule has 0 fully saturated rings. The fourth-order valence-electron chi connectivity index (χ4n) is 4.21. The Kier molecular flexibility index (Phi) is 5.85. The molecule has 0 amide bonds. The number of aromatic nitrogens is 3. The summed E-state index contributed by atoms with van der Waals surface area (Å²) in [7, 11) is 0. The van der Waals surface area contributed by atoms with Crippen molar-refractivity contribution < 1.29 is 9.21 Å². The van der Waals surface area contributed by atoms with E-state index in [4.69, 9.17) is 9.68 Å². The van der Waals surface area contributed by atoms with Crippen LogP contribution in [-0.4, -0.2) is 26.3 Å². The second-order valence-corrected chi connectivity index (χ2v) is 10.2. The van der Waals surface area contributed by atoms with E-state index in [1.165, 1.54) is 28.6 Å². The minimum atomic E-state index is 0.00207. The van der Waals surface area contributed by atoms with Gasteiger partial charge in [-0.1, -0.05) is 36.9 Å². The predicted molar refractivity (Wildman–Crippen MR) is 126 cm³/mol. The molecule has 0 bridgehead atoms. The molecule has 1 aliphatic carbocycles. The molecule has 1 atom stereocenters. The number of benzene rings is 1. The van der Waals surface area contributed by atoms with Gasteiger partial charge in [-0.3, -0.25) is 4.79 Å². The number of aryl methyl sites for hydroxylation is 2. The molecule has 4 aromatic rings. The average Bonchev–Trinajstić information content (AvgIpc) is 3.52. The highest BCUT2D eigenvalue weighted by Gasteiger charge is 2.22. The van der Waals surface area contributed by atoms with Crippen LogP contribution < -0.4 is 0 Å². The molecule has 3 aromatic heterocycles. The third-order valence-corrected chi connectivity index (χ3v) is 7.87. The molecule has 0 aliphatic heterocycles. The van der Waals surface area contributed by atoms with Crippen molar-refractivity contribution in [2.24, 2.45) is 5.92 Å². The van der Waals surface area contributed by atoms with Crippen LogP contribution in [0.3, 0.4) is 0 Å². The van der Waals surface area contributed by atoms with E-state index in [0.717, 1.165) is 34.5 Å². The van der Waals surface area contributed by atoms with Crippen molar-refractivity contribution >= 4 is 39.8 Å². The molecule has 8 heteroatoms. The Balaban J connectivity index is 1.30. The van der Waals surface area contributed by atoms with E-state index in [1.807, 2.05) is 35.0 Å². The zero-order chi connectivity index (χ0) is 22.1. The Morgan fingerprint density at radius 2 is 2.25 bits per heavy atom. The maximum atomic E-state index is 13.0. The fraction of sp³-hybridized carbons (Fsp3) is 0.333. The van der Waals surface area contributed by atoms with Crippen LogP contribution in [-0.2, 0) is 19.4 Å². The summed E-state index contributed by atoms with van der Waals surface area (Å²) in [6.45, 7) is 2.85. The van der Waals surface area contributed by atoms with Gasteiger partial charge >= 0.3 is 0 Å². The number of para-hydroxylation sites is 1. The Labute approximate surface area is 194 Å². The van der Waals surface area contributed by atoms with Gasteiger partial charge in [0.15, 0.2) is 5.78 Å². The minimum Gasteiger partial charge on any atom is -0.410 e. The maximum absolute atomic E-state index is 13.0. The molecule has 3 heterocycles. The number of fused-ring (bicyclic) bond motifs is 2. The van der Waals surface area contributed by atoms with Crippen molar-refractivity contribution in [1.29, 1.82) is 5.26 Å². The van der Waals surface area contributed by atoms with Gasteiger partial charge in [-0.05, 0) is 42.9 Å². The number of hydrogen-bond acceptors (Lipinski definition) is 7. The zero-order valence-corrected chi connectivity index (χ0v) is 19.3. The number of rotatable bonds is 7. The number of thiophene rings is 1. The van der Waals surface area contributed by atoms with Crippen LogP contribution in [0.1, 0.15) is 40.6 Å². The Bertz CT molecular complexity index is 1330. The molecule has 0 radical (unpaired) electrons. The molecular formula is C24H22N4O2S2. The third-order valence-electron chi connectivity index (χ3n) is 5.83. The Morgan fingerprint density at radius 3 is 3.12 bits per heavy atom. The van der Waals surface area contributed by atoms with Gasteiger partial charge in [0.2, 0.25) is 0 Å². The van der Waals surface area contributed by atoms with Crippen LogP contribution >= 0.6 is 23.1 Å². The summed E-state index contributed by atoms with van der Waals surface area (Å²) >= 11 is 3.00. The van der Waals surface area contributed by atoms with Crippen molar-refractivity contribution in [2.75, 3.05) is 5.75 Å². The normalized spacial score (nSPS) is 15.6. The number of ketones is 1. The number of hydrogen-bond donors (Lipinski definition) is 0. The first kappa shape index (κ1) is 21.0. The molecule has 0 saturated heterocycles. The second-order valence-electron chi connectivity index (χ2n) is 8.15.